The van der Waals surface area contributed by atoms with Gasteiger partial charge in [-0.15, -0.1) is 47.3 Å². The van der Waals surface area contributed by atoms with Gasteiger partial charge in [0.1, 0.15) is 5.75 Å². The molecule has 0 saturated heterocycles. The van der Waals surface area contributed by atoms with Gasteiger partial charge in [-0.3, -0.25) is 0 Å². The van der Waals surface area contributed by atoms with Crippen molar-refractivity contribution >= 4 is 50.5 Å². The maximum atomic E-state index is 9.43. The number of halogens is 3. The van der Waals surface area contributed by atoms with E-state index in [9.17, 15) is 5.11 Å². The van der Waals surface area contributed by atoms with Crippen LogP contribution in [0.25, 0.3) is 0 Å². The van der Waals surface area contributed by atoms with Crippen LogP contribution in [0.2, 0.25) is 0 Å². The molecule has 0 amide bonds. The molecular weight excluding hydrogens is 437 g/mol. The minimum absolute atomic E-state index is 0.0942. The molecule has 0 aliphatic rings. The second-order valence-corrected chi connectivity index (χ2v) is 11.6. The van der Waals surface area contributed by atoms with Gasteiger partial charge in [0.15, 0.2) is 0 Å². The number of phenolic OH excluding ortho intramolecular Hbond substituents is 1. The van der Waals surface area contributed by atoms with Crippen molar-refractivity contribution in [3.8, 4) is 5.75 Å². The Morgan fingerprint density at radius 1 is 1.26 bits per heavy atom. The molecule has 108 valence electrons. The summed E-state index contributed by atoms with van der Waals surface area (Å²) < 4.78 is 0.271. The predicted octanol–water partition coefficient (Wildman–Crippen LogP) is 5.03. The third-order valence-electron chi connectivity index (χ3n) is 2.52. The number of rotatable bonds is 4. The Bertz CT molecular complexity index is 370. The van der Waals surface area contributed by atoms with E-state index in [0.29, 0.717) is 11.7 Å². The lowest BCUT2D eigenvalue weighted by atomic mass is 9.93. The minimum atomic E-state index is -0.0942. The highest BCUT2D eigenvalue weighted by Crippen LogP contribution is 2.23. The largest absolute Gasteiger partial charge is 0.508 e. The van der Waals surface area contributed by atoms with Crippen LogP contribution in [0.4, 0.5) is 0 Å². The van der Waals surface area contributed by atoms with Crippen molar-refractivity contribution in [2.75, 3.05) is 6.54 Å². The summed E-state index contributed by atoms with van der Waals surface area (Å²) in [5.74, 6) is 0.952. The van der Waals surface area contributed by atoms with E-state index in [1.165, 1.54) is 0 Å². The molecule has 1 aromatic carbocycles. The van der Waals surface area contributed by atoms with Crippen LogP contribution in [0.1, 0.15) is 33.3 Å². The predicted molar refractivity (Wildman–Crippen MR) is 96.5 cm³/mol. The fourth-order valence-electron chi connectivity index (χ4n) is 1.46. The number of aromatic hydroxyl groups is 1. The third kappa shape index (κ3) is 9.94. The van der Waals surface area contributed by atoms with Crippen LogP contribution in [0, 0.1) is 5.92 Å². The molecule has 0 fully saturated rings. The van der Waals surface area contributed by atoms with Crippen LogP contribution in [-0.4, -0.2) is 14.8 Å². The molecule has 0 radical (unpaired) electrons. The Hall–Kier alpha value is 0.485. The van der Waals surface area contributed by atoms with Gasteiger partial charge in [0.2, 0.25) is 0 Å². The van der Waals surface area contributed by atoms with Crippen LogP contribution >= 0.6 is 47.3 Å². The van der Waals surface area contributed by atoms with Gasteiger partial charge in [-0.1, -0.05) is 26.0 Å². The van der Waals surface area contributed by atoms with E-state index in [-0.39, 0.29) is 8.72 Å². The molecule has 19 heavy (non-hydrogen) atoms. The summed E-state index contributed by atoms with van der Waals surface area (Å²) in [5, 5.41) is 12.9. The summed E-state index contributed by atoms with van der Waals surface area (Å²) >= 11 is 9.31. The Morgan fingerprint density at radius 2 is 1.79 bits per heavy atom. The first-order valence-electron chi connectivity index (χ1n) is 6.12. The van der Waals surface area contributed by atoms with Crippen molar-refractivity contribution in [1.82, 2.24) is 5.32 Å². The highest BCUT2D eigenvalue weighted by Gasteiger charge is 2.19. The third-order valence-corrected chi connectivity index (χ3v) is 2.52. The molecule has 0 aliphatic carbocycles. The van der Waals surface area contributed by atoms with E-state index in [1.807, 2.05) is 18.2 Å². The maximum absolute atomic E-state index is 9.43. The lowest BCUT2D eigenvalue weighted by molar-refractivity contribution is 0.372. The first-order valence-corrected chi connectivity index (χ1v) is 8.86. The lowest BCUT2D eigenvalue weighted by Gasteiger charge is -2.28. The standard InChI is InChI=1S/C13H21NO.BBr3/c1-10(2)9-14-13(3,4)11-6-5-7-12(15)8-11;2-1(3)4/h5-8,10,14-15H,9H2,1-4H3;. The van der Waals surface area contributed by atoms with Crippen LogP contribution in [0.5, 0.6) is 5.75 Å². The molecule has 0 heterocycles. The molecule has 1 rings (SSSR count). The summed E-state index contributed by atoms with van der Waals surface area (Å²) in [6.07, 6.45) is 0. The zero-order valence-electron chi connectivity index (χ0n) is 11.8. The molecular formula is C13H21BBr3NO. The van der Waals surface area contributed by atoms with Crippen molar-refractivity contribution in [1.29, 1.82) is 0 Å². The Kier molecular flexibility index (Phi) is 9.67. The fourth-order valence-corrected chi connectivity index (χ4v) is 1.46. The topological polar surface area (TPSA) is 32.3 Å². The molecule has 1 aromatic rings. The van der Waals surface area contributed by atoms with Gasteiger partial charge >= 0.3 is 3.18 Å². The minimum Gasteiger partial charge on any atom is -0.508 e. The smallest absolute Gasteiger partial charge is 0.369 e. The molecule has 0 bridgehead atoms. The number of hydrogen-bond acceptors (Lipinski definition) is 2. The number of hydrogen-bond donors (Lipinski definition) is 2. The summed E-state index contributed by atoms with van der Waals surface area (Å²) in [7, 11) is 0. The summed E-state index contributed by atoms with van der Waals surface area (Å²) in [5.41, 5.74) is 1.02. The fraction of sp³-hybridized carbons (Fsp3) is 0.538. The van der Waals surface area contributed by atoms with E-state index in [1.54, 1.807) is 6.07 Å². The summed E-state index contributed by atoms with van der Waals surface area (Å²) in [4.78, 5) is 0. The lowest BCUT2D eigenvalue weighted by Crippen LogP contribution is -2.38. The zero-order chi connectivity index (χ0) is 15.1. The molecule has 0 aromatic heterocycles. The summed E-state index contributed by atoms with van der Waals surface area (Å²) in [6.45, 7) is 9.61. The van der Waals surface area contributed by atoms with E-state index in [4.69, 9.17) is 0 Å². The molecule has 2 N–H and O–H groups in total. The average molecular weight is 458 g/mol. The monoisotopic (exact) mass is 455 g/mol. The van der Waals surface area contributed by atoms with Crippen molar-refractivity contribution in [3.63, 3.8) is 0 Å². The molecule has 0 spiro atoms. The van der Waals surface area contributed by atoms with Crippen molar-refractivity contribution in [2.45, 2.75) is 33.2 Å². The Labute approximate surface area is 141 Å². The van der Waals surface area contributed by atoms with Gasteiger partial charge in [0, 0.05) is 5.54 Å². The van der Waals surface area contributed by atoms with Gasteiger partial charge in [-0.05, 0) is 44.0 Å². The molecule has 0 atom stereocenters. The van der Waals surface area contributed by atoms with Gasteiger partial charge in [-0.2, -0.15) is 0 Å². The average Bonchev–Trinajstić information content (AvgIpc) is 2.26. The zero-order valence-corrected chi connectivity index (χ0v) is 16.5. The number of benzene rings is 1. The van der Waals surface area contributed by atoms with E-state index in [0.717, 1.165) is 12.1 Å². The first kappa shape index (κ1) is 19.5. The Balaban J connectivity index is 0.000000711. The van der Waals surface area contributed by atoms with Gasteiger partial charge in [0.05, 0.1) is 0 Å². The van der Waals surface area contributed by atoms with E-state index < -0.39 is 0 Å². The van der Waals surface area contributed by atoms with Gasteiger partial charge < -0.3 is 10.4 Å². The maximum Gasteiger partial charge on any atom is 0.369 e. The van der Waals surface area contributed by atoms with Gasteiger partial charge in [-0.25, -0.2) is 0 Å². The van der Waals surface area contributed by atoms with E-state index in [2.05, 4.69) is 80.3 Å². The SMILES string of the molecule is BrB(Br)Br.CC(C)CNC(C)(C)c1cccc(O)c1. The normalized spacial score (nSPS) is 10.9. The van der Waals surface area contributed by atoms with E-state index >= 15 is 0 Å². The van der Waals surface area contributed by atoms with Gasteiger partial charge in [0.25, 0.3) is 0 Å². The highest BCUT2D eigenvalue weighted by molar-refractivity contribution is 9.69. The Morgan fingerprint density at radius 3 is 2.21 bits per heavy atom. The first-order chi connectivity index (χ1) is 8.65. The second kappa shape index (κ2) is 9.43. The number of nitrogens with one attached hydrogen (secondary N) is 1. The molecule has 2 nitrogen and oxygen atoms in total. The van der Waals surface area contributed by atoms with Crippen molar-refractivity contribution in [2.24, 2.45) is 5.92 Å². The summed E-state index contributed by atoms with van der Waals surface area (Å²) in [6, 6.07) is 7.42. The van der Waals surface area contributed by atoms with Crippen LogP contribution in [0.3, 0.4) is 0 Å². The van der Waals surface area contributed by atoms with Crippen molar-refractivity contribution < 1.29 is 5.11 Å². The second-order valence-electron chi connectivity index (χ2n) is 5.20. The molecule has 0 aliphatic heterocycles. The van der Waals surface area contributed by atoms with Crippen LogP contribution in [-0.2, 0) is 5.54 Å². The van der Waals surface area contributed by atoms with Crippen LogP contribution < -0.4 is 5.32 Å². The molecule has 0 saturated carbocycles. The number of phenols is 1. The highest BCUT2D eigenvalue weighted by atomic mass is 79.9. The quantitative estimate of drug-likeness (QED) is 0.622. The van der Waals surface area contributed by atoms with Crippen molar-refractivity contribution in [3.05, 3.63) is 29.8 Å². The van der Waals surface area contributed by atoms with Crippen LogP contribution in [0.15, 0.2) is 24.3 Å². The molecule has 0 unspecified atom stereocenters. The molecule has 6 heteroatoms.